The van der Waals surface area contributed by atoms with E-state index in [2.05, 4.69) is 9.97 Å². The average molecular weight is 276 g/mol. The van der Waals surface area contributed by atoms with Crippen molar-refractivity contribution in [1.29, 1.82) is 0 Å². The van der Waals surface area contributed by atoms with Crippen LogP contribution in [0.2, 0.25) is 5.15 Å². The number of hydrogen-bond donors (Lipinski definition) is 0. The Balaban J connectivity index is 2.63. The Morgan fingerprint density at radius 1 is 1.39 bits per heavy atom. The summed E-state index contributed by atoms with van der Waals surface area (Å²) in [7, 11) is 0. The summed E-state index contributed by atoms with van der Waals surface area (Å²) in [5.74, 6) is -0.155. The lowest BCUT2D eigenvalue weighted by atomic mass is 10.2. The van der Waals surface area contributed by atoms with Gasteiger partial charge in [-0.2, -0.15) is 4.98 Å². The summed E-state index contributed by atoms with van der Waals surface area (Å²) in [6.45, 7) is 6.14. The van der Waals surface area contributed by atoms with Crippen LogP contribution in [0.1, 0.15) is 20.8 Å². The minimum absolute atomic E-state index is 0.144. The summed E-state index contributed by atoms with van der Waals surface area (Å²) < 4.78 is 10.6. The molecule has 100 valence electrons. The van der Waals surface area contributed by atoms with E-state index < -0.39 is 10.6 Å². The maximum Gasteiger partial charge on any atom is 0.367 e. The van der Waals surface area contributed by atoms with Crippen molar-refractivity contribution in [3.05, 3.63) is 21.6 Å². The zero-order valence-corrected chi connectivity index (χ0v) is 11.1. The molecular weight excluding hydrogens is 262 g/mol. The molecule has 0 radical (unpaired) electrons. The maximum atomic E-state index is 10.8. The molecule has 0 aliphatic rings. The third-order valence-corrected chi connectivity index (χ3v) is 2.06. The highest BCUT2D eigenvalue weighted by Gasteiger charge is 2.23. The molecule has 0 fully saturated rings. The molecule has 7 nitrogen and oxygen atoms in total. The van der Waals surface area contributed by atoms with Gasteiger partial charge in [0.1, 0.15) is 12.9 Å². The van der Waals surface area contributed by atoms with E-state index in [0.29, 0.717) is 6.61 Å². The second-order valence-corrected chi connectivity index (χ2v) is 4.74. The maximum absolute atomic E-state index is 10.8. The third kappa shape index (κ3) is 4.42. The Hall–Kier alpha value is -1.47. The van der Waals surface area contributed by atoms with Crippen LogP contribution in [0.3, 0.4) is 0 Å². The van der Waals surface area contributed by atoms with Gasteiger partial charge in [-0.1, -0.05) is 11.6 Å². The van der Waals surface area contributed by atoms with Crippen LogP contribution < -0.4 is 4.74 Å². The van der Waals surface area contributed by atoms with E-state index in [-0.39, 0.29) is 23.2 Å². The number of halogens is 1. The molecule has 0 saturated carbocycles. The minimum atomic E-state index is -0.678. The van der Waals surface area contributed by atoms with Crippen molar-refractivity contribution in [3.63, 3.8) is 0 Å². The molecule has 0 unspecified atom stereocenters. The summed E-state index contributed by atoms with van der Waals surface area (Å²) in [5, 5.41) is 10.5. The van der Waals surface area contributed by atoms with E-state index in [0.717, 1.165) is 6.33 Å². The van der Waals surface area contributed by atoms with Gasteiger partial charge in [0, 0.05) is 0 Å². The van der Waals surface area contributed by atoms with Crippen LogP contribution in [0, 0.1) is 10.1 Å². The highest BCUT2D eigenvalue weighted by molar-refractivity contribution is 6.31. The first-order valence-corrected chi connectivity index (χ1v) is 5.60. The number of ether oxygens (including phenoxy) is 2. The van der Waals surface area contributed by atoms with Gasteiger partial charge in [-0.25, -0.2) is 4.98 Å². The Morgan fingerprint density at radius 2 is 2.06 bits per heavy atom. The highest BCUT2D eigenvalue weighted by atomic mass is 35.5. The third-order valence-electron chi connectivity index (χ3n) is 1.78. The lowest BCUT2D eigenvalue weighted by Crippen LogP contribution is -2.22. The molecule has 1 aromatic rings. The van der Waals surface area contributed by atoms with Crippen molar-refractivity contribution in [2.75, 3.05) is 13.2 Å². The largest absolute Gasteiger partial charge is 0.470 e. The van der Waals surface area contributed by atoms with Gasteiger partial charge in [0.15, 0.2) is 0 Å². The molecule has 1 aromatic heterocycles. The molecule has 0 aliphatic carbocycles. The first kappa shape index (κ1) is 14.6. The summed E-state index contributed by atoms with van der Waals surface area (Å²) in [5.41, 5.74) is -0.728. The van der Waals surface area contributed by atoms with Gasteiger partial charge in [0.05, 0.1) is 17.1 Å². The van der Waals surface area contributed by atoms with Crippen molar-refractivity contribution in [3.8, 4) is 5.88 Å². The molecule has 0 aromatic carbocycles. The van der Waals surface area contributed by atoms with E-state index >= 15 is 0 Å². The lowest BCUT2D eigenvalue weighted by Gasteiger charge is -2.19. The number of nitro groups is 1. The second-order valence-electron chi connectivity index (χ2n) is 4.38. The molecular formula is C10H14ClN3O4. The van der Waals surface area contributed by atoms with Crippen molar-refractivity contribution in [2.24, 2.45) is 0 Å². The summed E-state index contributed by atoms with van der Waals surface area (Å²) in [6.07, 6.45) is 1.11. The van der Waals surface area contributed by atoms with Gasteiger partial charge in [-0.3, -0.25) is 10.1 Å². The quantitative estimate of drug-likeness (QED) is 0.354. The summed E-state index contributed by atoms with van der Waals surface area (Å²) in [4.78, 5) is 17.3. The van der Waals surface area contributed by atoms with Crippen molar-refractivity contribution >= 4 is 17.3 Å². The van der Waals surface area contributed by atoms with Crippen LogP contribution in [0.15, 0.2) is 6.33 Å². The van der Waals surface area contributed by atoms with Crippen LogP contribution in [0.4, 0.5) is 5.69 Å². The van der Waals surface area contributed by atoms with Crippen LogP contribution in [0.5, 0.6) is 5.88 Å². The molecule has 0 aliphatic heterocycles. The molecule has 1 rings (SSSR count). The highest BCUT2D eigenvalue weighted by Crippen LogP contribution is 2.29. The molecule has 0 amide bonds. The predicted molar refractivity (Wildman–Crippen MR) is 64.9 cm³/mol. The topological polar surface area (TPSA) is 87.4 Å². The first-order valence-electron chi connectivity index (χ1n) is 5.23. The van der Waals surface area contributed by atoms with E-state index in [1.807, 2.05) is 20.8 Å². The van der Waals surface area contributed by atoms with Crippen LogP contribution in [-0.2, 0) is 4.74 Å². The molecule has 0 atom stereocenters. The minimum Gasteiger partial charge on any atom is -0.470 e. The SMILES string of the molecule is CC(C)(C)OCCOc1ncnc(Cl)c1[N+](=O)[O-]. The van der Waals surface area contributed by atoms with Crippen molar-refractivity contribution in [2.45, 2.75) is 26.4 Å². The van der Waals surface area contributed by atoms with E-state index in [4.69, 9.17) is 21.1 Å². The van der Waals surface area contributed by atoms with Gasteiger partial charge in [-0.05, 0) is 20.8 Å². The first-order chi connectivity index (χ1) is 8.31. The van der Waals surface area contributed by atoms with Crippen LogP contribution in [0.25, 0.3) is 0 Å². The number of hydrogen-bond acceptors (Lipinski definition) is 6. The normalized spacial score (nSPS) is 11.3. The van der Waals surface area contributed by atoms with Crippen molar-refractivity contribution in [1.82, 2.24) is 9.97 Å². The van der Waals surface area contributed by atoms with E-state index in [9.17, 15) is 10.1 Å². The summed E-state index contributed by atoms with van der Waals surface area (Å²) >= 11 is 5.61. The fourth-order valence-electron chi connectivity index (χ4n) is 1.09. The van der Waals surface area contributed by atoms with Crippen LogP contribution in [-0.4, -0.2) is 33.7 Å². The van der Waals surface area contributed by atoms with Gasteiger partial charge < -0.3 is 9.47 Å². The molecule has 0 bridgehead atoms. The molecule has 1 heterocycles. The monoisotopic (exact) mass is 275 g/mol. The zero-order valence-electron chi connectivity index (χ0n) is 10.3. The standard InChI is InChI=1S/C10H14ClN3O4/c1-10(2,3)18-5-4-17-9-7(14(15)16)8(11)12-6-13-9/h6H,4-5H2,1-3H3. The number of nitrogens with zero attached hydrogens (tertiary/aromatic N) is 3. The fraction of sp³-hybridized carbons (Fsp3) is 0.600. The molecule has 8 heteroatoms. The van der Waals surface area contributed by atoms with Gasteiger partial charge in [-0.15, -0.1) is 0 Å². The van der Waals surface area contributed by atoms with Gasteiger partial charge in [0.2, 0.25) is 5.15 Å². The average Bonchev–Trinajstić information content (AvgIpc) is 2.22. The van der Waals surface area contributed by atoms with Crippen LogP contribution >= 0.6 is 11.6 Å². The van der Waals surface area contributed by atoms with E-state index in [1.165, 1.54) is 0 Å². The lowest BCUT2D eigenvalue weighted by molar-refractivity contribution is -0.386. The summed E-state index contributed by atoms with van der Waals surface area (Å²) in [6, 6.07) is 0. The molecule has 0 saturated heterocycles. The van der Waals surface area contributed by atoms with Gasteiger partial charge in [0.25, 0.3) is 5.88 Å². The Morgan fingerprint density at radius 3 is 2.61 bits per heavy atom. The van der Waals surface area contributed by atoms with E-state index in [1.54, 1.807) is 0 Å². The Bertz CT molecular complexity index is 434. The number of rotatable bonds is 5. The smallest absolute Gasteiger partial charge is 0.367 e. The Kier molecular flexibility index (Phi) is 4.80. The Labute approximate surface area is 109 Å². The predicted octanol–water partition coefficient (Wildman–Crippen LogP) is 2.23. The van der Waals surface area contributed by atoms with Gasteiger partial charge >= 0.3 is 5.69 Å². The fourth-order valence-corrected chi connectivity index (χ4v) is 1.28. The molecule has 18 heavy (non-hydrogen) atoms. The second kappa shape index (κ2) is 5.92. The number of aromatic nitrogens is 2. The zero-order chi connectivity index (χ0) is 13.8. The molecule has 0 spiro atoms. The van der Waals surface area contributed by atoms with Crippen molar-refractivity contribution < 1.29 is 14.4 Å². The molecule has 0 N–H and O–H groups in total.